The maximum Gasteiger partial charge on any atom is 0.335 e. The number of nitrogens with two attached hydrogens (primary N) is 3. The average Bonchev–Trinajstić information content (AvgIpc) is 3.05. The first kappa shape index (κ1) is 44.0. The van der Waals surface area contributed by atoms with Crippen LogP contribution in [-0.2, 0) is 33.6 Å². The number of carbonyl (C=O) groups is 7. The van der Waals surface area contributed by atoms with Crippen LogP contribution in [0.25, 0.3) is 0 Å². The van der Waals surface area contributed by atoms with Crippen molar-refractivity contribution in [2.75, 3.05) is 39.4 Å². The number of carboxylic acid groups (broad SMARTS) is 1. The maximum absolute atomic E-state index is 13.2. The van der Waals surface area contributed by atoms with Gasteiger partial charge in [-0.15, -0.1) is 0 Å². The number of aliphatic hydroxyl groups excluding tert-OH is 4. The third-order valence-corrected chi connectivity index (χ3v) is 6.74. The Hall–Kier alpha value is -4.03. The molecule has 0 aromatic rings. The lowest BCUT2D eigenvalue weighted by Crippen LogP contribution is -2.62. The molecule has 6 amide bonds. The van der Waals surface area contributed by atoms with Crippen LogP contribution < -0.4 is 43.8 Å². The van der Waals surface area contributed by atoms with Crippen molar-refractivity contribution in [2.45, 2.75) is 80.9 Å². The summed E-state index contributed by atoms with van der Waals surface area (Å²) >= 11 is 0. The highest BCUT2D eigenvalue weighted by Crippen LogP contribution is 2.05. The number of carbonyl (C=O) groups excluding carboxylic acids is 6. The van der Waals surface area contributed by atoms with E-state index in [4.69, 9.17) is 22.3 Å². The number of unbranched alkanes of at least 4 members (excludes halogenated alkanes) is 1. The number of hydrogen-bond acceptors (Lipinski definition) is 15. The smallest absolute Gasteiger partial charge is 0.335 e. The van der Waals surface area contributed by atoms with E-state index in [0.717, 1.165) is 0 Å². The van der Waals surface area contributed by atoms with Gasteiger partial charge in [-0.2, -0.15) is 0 Å². The van der Waals surface area contributed by atoms with Gasteiger partial charge in [-0.3, -0.25) is 34.0 Å². The average molecular weight is 696 g/mol. The van der Waals surface area contributed by atoms with Gasteiger partial charge in [0.15, 0.2) is 6.10 Å². The second-order valence-corrected chi connectivity index (χ2v) is 10.6. The molecule has 0 aliphatic heterocycles. The molecule has 7 atom stereocenters. The van der Waals surface area contributed by atoms with Gasteiger partial charge in [0, 0.05) is 13.1 Å². The van der Waals surface area contributed by atoms with Crippen molar-refractivity contribution in [3.05, 3.63) is 0 Å². The van der Waals surface area contributed by atoms with E-state index in [1.807, 2.05) is 10.6 Å². The molecule has 0 bridgehead atoms. The normalized spacial score (nSPS) is 15.3. The SMILES string of the molecule is NCCCCNC(=O)C(CCCN(O)C=O)NC(=O)C(CCN)NC(=O)C(NC(=O)C(CO)NC(=O)CC(O)C(N)CO)C(O)C(=O)O. The highest BCUT2D eigenvalue weighted by atomic mass is 16.5. The predicted molar refractivity (Wildman–Crippen MR) is 163 cm³/mol. The molecule has 0 spiro atoms. The highest BCUT2D eigenvalue weighted by Gasteiger charge is 2.37. The third-order valence-electron chi connectivity index (χ3n) is 6.74. The maximum atomic E-state index is 13.2. The summed E-state index contributed by atoms with van der Waals surface area (Å²) in [6.45, 7) is -1.54. The molecule has 22 heteroatoms. The van der Waals surface area contributed by atoms with Crippen LogP contribution in [0.2, 0.25) is 0 Å². The quantitative estimate of drug-likeness (QED) is 0.0173. The summed E-state index contributed by atoms with van der Waals surface area (Å²) in [5.41, 5.74) is 16.4. The van der Waals surface area contributed by atoms with Gasteiger partial charge in [-0.1, -0.05) is 0 Å². The van der Waals surface area contributed by atoms with Crippen LogP contribution in [0, 0.1) is 0 Å². The van der Waals surface area contributed by atoms with Crippen molar-refractivity contribution in [2.24, 2.45) is 17.2 Å². The van der Waals surface area contributed by atoms with E-state index in [1.165, 1.54) is 0 Å². The van der Waals surface area contributed by atoms with Crippen LogP contribution in [-0.4, -0.2) is 160 Å². The lowest BCUT2D eigenvalue weighted by molar-refractivity contribution is -0.152. The van der Waals surface area contributed by atoms with Gasteiger partial charge < -0.3 is 69.3 Å². The van der Waals surface area contributed by atoms with Crippen molar-refractivity contribution in [1.29, 1.82) is 0 Å². The molecule has 17 N–H and O–H groups in total. The summed E-state index contributed by atoms with van der Waals surface area (Å²) in [6.07, 6.45) is -3.84. The van der Waals surface area contributed by atoms with Gasteiger partial charge >= 0.3 is 5.97 Å². The lowest BCUT2D eigenvalue weighted by atomic mass is 10.1. The summed E-state index contributed by atoms with van der Waals surface area (Å²) < 4.78 is 0. The number of amides is 6. The number of nitrogens with zero attached hydrogens (tertiary/aromatic N) is 1. The zero-order valence-electron chi connectivity index (χ0n) is 26.3. The molecule has 0 aliphatic carbocycles. The van der Waals surface area contributed by atoms with Gasteiger partial charge in [0.05, 0.1) is 31.8 Å². The number of aliphatic hydroxyl groups is 4. The molecule has 7 unspecified atom stereocenters. The van der Waals surface area contributed by atoms with E-state index in [2.05, 4.69) is 16.0 Å². The Labute approximate surface area is 275 Å². The molecule has 0 heterocycles. The van der Waals surface area contributed by atoms with Gasteiger partial charge in [0.1, 0.15) is 24.2 Å². The first-order valence-corrected chi connectivity index (χ1v) is 15.0. The summed E-state index contributed by atoms with van der Waals surface area (Å²) in [7, 11) is 0. The lowest BCUT2D eigenvalue weighted by Gasteiger charge is -2.27. The molecule has 0 saturated carbocycles. The standard InChI is InChI=1S/C26H49N9O13/c27-6-1-2-8-30-22(42)15(4-3-9-35(48)13-38)32-23(43)16(5-7-28)33-25(45)20(21(41)26(46)47)34-24(44)17(12-37)31-19(40)10-18(39)14(29)11-36/h13-18,20-21,36-37,39,41,48H,1-12,27-29H2,(H,30,42)(H,31,40)(H,32,43)(H,33,45)(H,34,44)(H,46,47). The Morgan fingerprint density at radius 3 is 1.90 bits per heavy atom. The van der Waals surface area contributed by atoms with Crippen molar-refractivity contribution in [3.8, 4) is 0 Å². The minimum absolute atomic E-state index is 0.0546. The number of nitrogens with one attached hydrogen (secondary N) is 5. The number of aliphatic carboxylic acids is 1. The van der Waals surface area contributed by atoms with E-state index in [1.54, 1.807) is 0 Å². The van der Waals surface area contributed by atoms with Crippen molar-refractivity contribution in [3.63, 3.8) is 0 Å². The molecule has 0 radical (unpaired) electrons. The first-order chi connectivity index (χ1) is 22.7. The molecule has 276 valence electrons. The molecule has 48 heavy (non-hydrogen) atoms. The van der Waals surface area contributed by atoms with Crippen LogP contribution >= 0.6 is 0 Å². The molecule has 0 fully saturated rings. The van der Waals surface area contributed by atoms with Gasteiger partial charge in [0.2, 0.25) is 35.9 Å². The number of carboxylic acids is 1. The predicted octanol–water partition coefficient (Wildman–Crippen LogP) is -7.73. The van der Waals surface area contributed by atoms with E-state index in [-0.39, 0.29) is 45.3 Å². The fraction of sp³-hybridized carbons (Fsp3) is 0.731. The fourth-order valence-electron chi connectivity index (χ4n) is 3.95. The Morgan fingerprint density at radius 1 is 0.750 bits per heavy atom. The summed E-state index contributed by atoms with van der Waals surface area (Å²) in [6, 6.07) is -8.07. The van der Waals surface area contributed by atoms with E-state index in [0.29, 0.717) is 24.4 Å². The first-order valence-electron chi connectivity index (χ1n) is 15.0. The van der Waals surface area contributed by atoms with Crippen molar-refractivity contribution < 1.29 is 64.3 Å². The van der Waals surface area contributed by atoms with Crippen molar-refractivity contribution in [1.82, 2.24) is 31.6 Å². The van der Waals surface area contributed by atoms with E-state index < -0.39 is 97.6 Å². The van der Waals surface area contributed by atoms with E-state index in [9.17, 15) is 59.2 Å². The van der Waals surface area contributed by atoms with Crippen molar-refractivity contribution >= 4 is 41.9 Å². The topological polar surface area (TPSA) is 382 Å². The second-order valence-electron chi connectivity index (χ2n) is 10.6. The second kappa shape index (κ2) is 24.2. The Kier molecular flexibility index (Phi) is 22.1. The largest absolute Gasteiger partial charge is 0.479 e. The monoisotopic (exact) mass is 695 g/mol. The van der Waals surface area contributed by atoms with E-state index >= 15 is 0 Å². The molecule has 0 aliphatic rings. The van der Waals surface area contributed by atoms with Crippen LogP contribution in [0.4, 0.5) is 0 Å². The van der Waals surface area contributed by atoms with Crippen LogP contribution in [0.15, 0.2) is 0 Å². The minimum Gasteiger partial charge on any atom is -0.479 e. The Morgan fingerprint density at radius 2 is 1.35 bits per heavy atom. The van der Waals surface area contributed by atoms with Crippen LogP contribution in [0.5, 0.6) is 0 Å². The zero-order chi connectivity index (χ0) is 36.8. The van der Waals surface area contributed by atoms with Crippen LogP contribution in [0.3, 0.4) is 0 Å². The van der Waals surface area contributed by atoms with Gasteiger partial charge in [0.25, 0.3) is 0 Å². The summed E-state index contributed by atoms with van der Waals surface area (Å²) in [4.78, 5) is 86.4. The number of hydrogen-bond donors (Lipinski definition) is 14. The van der Waals surface area contributed by atoms with Gasteiger partial charge in [-0.05, 0) is 45.2 Å². The molecular weight excluding hydrogens is 646 g/mol. The summed E-state index contributed by atoms with van der Waals surface area (Å²) in [5, 5.41) is 68.7. The molecule has 0 saturated heterocycles. The Bertz CT molecular complexity index is 1050. The number of rotatable bonds is 26. The number of hydroxylamine groups is 2. The summed E-state index contributed by atoms with van der Waals surface area (Å²) in [5.74, 6) is -7.34. The minimum atomic E-state index is -2.60. The third kappa shape index (κ3) is 16.7. The zero-order valence-corrected chi connectivity index (χ0v) is 26.3. The molecule has 22 nitrogen and oxygen atoms in total. The Balaban J connectivity index is 5.87. The molecule has 0 aromatic carbocycles. The highest BCUT2D eigenvalue weighted by molar-refractivity contribution is 5.97. The molecule has 0 rings (SSSR count). The fourth-order valence-corrected chi connectivity index (χ4v) is 3.95. The van der Waals surface area contributed by atoms with Gasteiger partial charge in [-0.25, -0.2) is 9.86 Å². The van der Waals surface area contributed by atoms with Crippen LogP contribution in [0.1, 0.15) is 38.5 Å². The molecule has 0 aromatic heterocycles. The molecular formula is C26H49N9O13.